The molecule has 0 aromatic rings. The second-order valence-electron chi connectivity index (χ2n) is 4.01. The first-order chi connectivity index (χ1) is 5.72. The lowest BCUT2D eigenvalue weighted by atomic mass is 9.77. The predicted octanol–water partition coefficient (Wildman–Crippen LogP) is 1.84. The third-order valence-electron chi connectivity index (χ3n) is 3.46. The lowest BCUT2D eigenvalue weighted by molar-refractivity contribution is -0.211. The molecule has 1 N–H and O–H groups in total. The average molecular weight is 168 g/mol. The van der Waals surface area contributed by atoms with Crippen molar-refractivity contribution >= 4 is 0 Å². The van der Waals surface area contributed by atoms with Gasteiger partial charge in [-0.1, -0.05) is 6.08 Å². The molecule has 1 heterocycles. The third-order valence-corrected chi connectivity index (χ3v) is 3.46. The van der Waals surface area contributed by atoms with E-state index < -0.39 is 5.79 Å². The van der Waals surface area contributed by atoms with Gasteiger partial charge in [-0.05, 0) is 25.7 Å². The van der Waals surface area contributed by atoms with Gasteiger partial charge in [0, 0.05) is 11.8 Å². The molecular weight excluding hydrogens is 152 g/mol. The van der Waals surface area contributed by atoms with Crippen molar-refractivity contribution in [1.82, 2.24) is 0 Å². The van der Waals surface area contributed by atoms with E-state index in [4.69, 9.17) is 4.74 Å². The van der Waals surface area contributed by atoms with Gasteiger partial charge in [0.2, 0.25) is 0 Å². The lowest BCUT2D eigenvalue weighted by Gasteiger charge is -2.33. The highest BCUT2D eigenvalue weighted by Crippen LogP contribution is 2.55. The van der Waals surface area contributed by atoms with E-state index in [2.05, 4.69) is 6.58 Å². The highest BCUT2D eigenvalue weighted by atomic mass is 16.6. The second-order valence-corrected chi connectivity index (χ2v) is 4.01. The van der Waals surface area contributed by atoms with Crippen LogP contribution in [0.2, 0.25) is 0 Å². The minimum atomic E-state index is -0.818. The quantitative estimate of drug-likeness (QED) is 0.637. The topological polar surface area (TPSA) is 29.5 Å². The Balaban J connectivity index is 2.25. The molecule has 2 unspecified atom stereocenters. The molecule has 1 saturated carbocycles. The van der Waals surface area contributed by atoms with Gasteiger partial charge in [0.25, 0.3) is 0 Å². The zero-order valence-corrected chi connectivity index (χ0v) is 7.38. The summed E-state index contributed by atoms with van der Waals surface area (Å²) in [7, 11) is 0. The fourth-order valence-electron chi connectivity index (χ4n) is 2.73. The molecule has 1 aliphatic heterocycles. The summed E-state index contributed by atoms with van der Waals surface area (Å²) in [6, 6.07) is 0. The van der Waals surface area contributed by atoms with E-state index in [1.165, 1.54) is 0 Å². The summed E-state index contributed by atoms with van der Waals surface area (Å²) in [5, 5.41) is 10.1. The van der Waals surface area contributed by atoms with Crippen LogP contribution in [-0.2, 0) is 4.74 Å². The van der Waals surface area contributed by atoms with Crippen molar-refractivity contribution in [3.63, 3.8) is 0 Å². The zero-order chi connectivity index (χ0) is 8.66. The third kappa shape index (κ3) is 0.882. The Hall–Kier alpha value is -0.340. The summed E-state index contributed by atoms with van der Waals surface area (Å²) < 4.78 is 5.43. The Morgan fingerprint density at radius 2 is 2.25 bits per heavy atom. The maximum absolute atomic E-state index is 10.1. The smallest absolute Gasteiger partial charge is 0.171 e. The maximum Gasteiger partial charge on any atom is 0.171 e. The highest BCUT2D eigenvalue weighted by molar-refractivity contribution is 5.04. The van der Waals surface area contributed by atoms with Crippen molar-refractivity contribution in [2.45, 2.75) is 37.9 Å². The number of rotatable bonds is 2. The number of aliphatic hydroxyl groups is 1. The van der Waals surface area contributed by atoms with E-state index in [9.17, 15) is 5.11 Å². The van der Waals surface area contributed by atoms with E-state index in [0.717, 1.165) is 32.1 Å². The molecule has 0 bridgehead atoms. The summed E-state index contributed by atoms with van der Waals surface area (Å²) in [5.41, 5.74) is 0.00868. The van der Waals surface area contributed by atoms with Crippen LogP contribution in [0.25, 0.3) is 0 Å². The molecule has 2 nitrogen and oxygen atoms in total. The zero-order valence-electron chi connectivity index (χ0n) is 7.38. The largest absolute Gasteiger partial charge is 0.365 e. The molecule has 2 fully saturated rings. The molecule has 0 amide bonds. The number of hydrogen-bond donors (Lipinski definition) is 1. The Morgan fingerprint density at radius 1 is 1.42 bits per heavy atom. The molecule has 0 spiro atoms. The van der Waals surface area contributed by atoms with Gasteiger partial charge in [-0.3, -0.25) is 0 Å². The Kier molecular flexibility index (Phi) is 1.77. The van der Waals surface area contributed by atoms with Gasteiger partial charge in [0.1, 0.15) is 0 Å². The number of hydrogen-bond acceptors (Lipinski definition) is 2. The van der Waals surface area contributed by atoms with Crippen LogP contribution in [-0.4, -0.2) is 17.5 Å². The maximum atomic E-state index is 10.1. The molecule has 1 saturated heterocycles. The van der Waals surface area contributed by atoms with Crippen molar-refractivity contribution in [1.29, 1.82) is 0 Å². The van der Waals surface area contributed by atoms with Gasteiger partial charge in [-0.25, -0.2) is 0 Å². The summed E-state index contributed by atoms with van der Waals surface area (Å²) in [6.45, 7) is 4.46. The summed E-state index contributed by atoms with van der Waals surface area (Å²) >= 11 is 0. The normalized spacial score (nSPS) is 46.1. The van der Waals surface area contributed by atoms with E-state index >= 15 is 0 Å². The molecule has 2 atom stereocenters. The standard InChI is InChI=1S/C10H16O2/c1-2-4-9-5-3-6-10(9,11)12-8-7-9/h2,11H,1,3-8H2. The molecule has 0 aromatic carbocycles. The molecule has 2 heteroatoms. The molecular formula is C10H16O2. The Labute approximate surface area is 73.2 Å². The van der Waals surface area contributed by atoms with Crippen LogP contribution < -0.4 is 0 Å². The number of fused-ring (bicyclic) bond motifs is 1. The van der Waals surface area contributed by atoms with Gasteiger partial charge in [-0.15, -0.1) is 6.58 Å². The lowest BCUT2D eigenvalue weighted by Crippen LogP contribution is -2.39. The minimum Gasteiger partial charge on any atom is -0.365 e. The minimum absolute atomic E-state index is 0.00868. The van der Waals surface area contributed by atoms with E-state index in [-0.39, 0.29) is 5.41 Å². The van der Waals surface area contributed by atoms with Gasteiger partial charge < -0.3 is 9.84 Å². The first-order valence-electron chi connectivity index (χ1n) is 4.70. The fraction of sp³-hybridized carbons (Fsp3) is 0.800. The van der Waals surface area contributed by atoms with Crippen LogP contribution in [0.4, 0.5) is 0 Å². The van der Waals surface area contributed by atoms with Crippen LogP contribution in [0.1, 0.15) is 32.1 Å². The molecule has 1 aliphatic carbocycles. The first kappa shape index (κ1) is 8.27. The monoisotopic (exact) mass is 168 g/mol. The average Bonchev–Trinajstić information content (AvgIpc) is 2.42. The van der Waals surface area contributed by atoms with Gasteiger partial charge in [0.15, 0.2) is 5.79 Å². The van der Waals surface area contributed by atoms with Crippen molar-refractivity contribution in [3.05, 3.63) is 12.7 Å². The van der Waals surface area contributed by atoms with Crippen molar-refractivity contribution in [2.24, 2.45) is 5.41 Å². The Morgan fingerprint density at radius 3 is 3.00 bits per heavy atom. The molecule has 2 aliphatic rings. The van der Waals surface area contributed by atoms with Crippen LogP contribution in [0.3, 0.4) is 0 Å². The van der Waals surface area contributed by atoms with E-state index in [0.29, 0.717) is 6.61 Å². The van der Waals surface area contributed by atoms with Crippen LogP contribution in [0.15, 0.2) is 12.7 Å². The molecule has 68 valence electrons. The number of ether oxygens (including phenoxy) is 1. The summed E-state index contributed by atoms with van der Waals surface area (Å²) in [5.74, 6) is -0.818. The molecule has 0 aromatic heterocycles. The van der Waals surface area contributed by atoms with Crippen LogP contribution >= 0.6 is 0 Å². The van der Waals surface area contributed by atoms with Crippen LogP contribution in [0, 0.1) is 5.41 Å². The van der Waals surface area contributed by atoms with Gasteiger partial charge in [0.05, 0.1) is 6.61 Å². The van der Waals surface area contributed by atoms with Crippen LogP contribution in [0.5, 0.6) is 0 Å². The van der Waals surface area contributed by atoms with E-state index in [1.807, 2.05) is 6.08 Å². The summed E-state index contributed by atoms with van der Waals surface area (Å²) in [4.78, 5) is 0. The number of allylic oxidation sites excluding steroid dienone is 1. The first-order valence-corrected chi connectivity index (χ1v) is 4.70. The molecule has 0 radical (unpaired) electrons. The van der Waals surface area contributed by atoms with Gasteiger partial charge in [-0.2, -0.15) is 0 Å². The molecule has 12 heavy (non-hydrogen) atoms. The predicted molar refractivity (Wildman–Crippen MR) is 46.6 cm³/mol. The Bertz CT molecular complexity index is 188. The van der Waals surface area contributed by atoms with Gasteiger partial charge >= 0.3 is 0 Å². The van der Waals surface area contributed by atoms with E-state index in [1.54, 1.807) is 0 Å². The second kappa shape index (κ2) is 2.57. The SMILES string of the molecule is C=CCC12CCCC1(O)OCC2. The summed E-state index contributed by atoms with van der Waals surface area (Å²) in [6.07, 6.45) is 6.78. The fourth-order valence-corrected chi connectivity index (χ4v) is 2.73. The van der Waals surface area contributed by atoms with Crippen molar-refractivity contribution in [2.75, 3.05) is 6.61 Å². The van der Waals surface area contributed by atoms with Crippen molar-refractivity contribution in [3.8, 4) is 0 Å². The highest BCUT2D eigenvalue weighted by Gasteiger charge is 2.57. The molecule has 2 rings (SSSR count). The van der Waals surface area contributed by atoms with Crippen molar-refractivity contribution < 1.29 is 9.84 Å².